The molecule has 1 aromatic rings. The molecule has 2 N–H and O–H groups in total. The van der Waals surface area contributed by atoms with E-state index >= 15 is 0 Å². The monoisotopic (exact) mass is 299 g/mol. The van der Waals surface area contributed by atoms with Crippen LogP contribution in [0.4, 0.5) is 10.1 Å². The van der Waals surface area contributed by atoms with E-state index in [0.29, 0.717) is 18.5 Å². The van der Waals surface area contributed by atoms with E-state index in [1.54, 1.807) is 0 Å². The van der Waals surface area contributed by atoms with E-state index in [0.717, 1.165) is 18.9 Å². The molecule has 6 heteroatoms. The highest BCUT2D eigenvalue weighted by atomic mass is 35.5. The number of benzene rings is 1. The van der Waals surface area contributed by atoms with Gasteiger partial charge in [-0.25, -0.2) is 4.39 Å². The molecule has 0 unspecified atom stereocenters. The minimum absolute atomic E-state index is 0.0822. The van der Waals surface area contributed by atoms with Crippen molar-refractivity contribution in [3.05, 3.63) is 29.0 Å². The van der Waals surface area contributed by atoms with Crippen LogP contribution in [0, 0.1) is 17.7 Å². The molecule has 2 atom stereocenters. The first-order valence-electron chi connectivity index (χ1n) is 6.48. The first-order valence-corrected chi connectivity index (χ1v) is 6.85. The van der Waals surface area contributed by atoms with Gasteiger partial charge in [0.15, 0.2) is 0 Å². The number of aliphatic carboxylic acids is 1. The predicted octanol–water partition coefficient (Wildman–Crippen LogP) is 3.31. The van der Waals surface area contributed by atoms with Crippen molar-refractivity contribution in [2.45, 2.75) is 25.7 Å². The Kier molecular flexibility index (Phi) is 4.60. The number of halogens is 2. The molecule has 108 valence electrons. The number of hydrogen-bond acceptors (Lipinski definition) is 2. The van der Waals surface area contributed by atoms with Gasteiger partial charge < -0.3 is 10.4 Å². The molecule has 0 spiro atoms. The number of amides is 1. The Balaban J connectivity index is 2.09. The van der Waals surface area contributed by atoms with Crippen LogP contribution in [-0.4, -0.2) is 17.0 Å². The third-order valence-corrected chi connectivity index (χ3v) is 3.90. The average Bonchev–Trinajstić information content (AvgIpc) is 2.43. The summed E-state index contributed by atoms with van der Waals surface area (Å²) >= 11 is 5.64. The maximum Gasteiger partial charge on any atom is 0.307 e. The van der Waals surface area contributed by atoms with E-state index in [1.165, 1.54) is 12.1 Å². The molecule has 2 rings (SSSR count). The lowest BCUT2D eigenvalue weighted by Crippen LogP contribution is -2.36. The molecular formula is C14H15ClFNO3. The summed E-state index contributed by atoms with van der Waals surface area (Å²) in [7, 11) is 0. The maximum atomic E-state index is 13.0. The van der Waals surface area contributed by atoms with Gasteiger partial charge in [-0.1, -0.05) is 24.4 Å². The Hall–Kier alpha value is -1.62. The van der Waals surface area contributed by atoms with Gasteiger partial charge in [-0.15, -0.1) is 0 Å². The van der Waals surface area contributed by atoms with E-state index in [9.17, 15) is 14.0 Å². The van der Waals surface area contributed by atoms with Crippen molar-refractivity contribution in [3.8, 4) is 0 Å². The van der Waals surface area contributed by atoms with Crippen LogP contribution in [0.2, 0.25) is 5.02 Å². The third-order valence-electron chi connectivity index (χ3n) is 3.61. The predicted molar refractivity (Wildman–Crippen MR) is 73.1 cm³/mol. The van der Waals surface area contributed by atoms with Crippen LogP contribution in [0.5, 0.6) is 0 Å². The van der Waals surface area contributed by atoms with Crippen LogP contribution in [-0.2, 0) is 9.59 Å². The van der Waals surface area contributed by atoms with Crippen molar-refractivity contribution in [1.82, 2.24) is 0 Å². The number of carboxylic acid groups (broad SMARTS) is 1. The van der Waals surface area contributed by atoms with Crippen LogP contribution in [0.3, 0.4) is 0 Å². The number of rotatable bonds is 3. The zero-order valence-corrected chi connectivity index (χ0v) is 11.5. The molecule has 0 bridgehead atoms. The standard InChI is InChI=1S/C14H15ClFNO3/c15-11-7-8(5-6-12(11)16)17-13(18)9-3-1-2-4-10(9)14(19)20/h5-7,9-10H,1-4H2,(H,17,18)(H,19,20)/t9-,10-/m0/s1. The van der Waals surface area contributed by atoms with Gasteiger partial charge in [-0.3, -0.25) is 9.59 Å². The van der Waals surface area contributed by atoms with Crippen molar-refractivity contribution in [1.29, 1.82) is 0 Å². The van der Waals surface area contributed by atoms with Gasteiger partial charge in [-0.05, 0) is 31.0 Å². The van der Waals surface area contributed by atoms with Crippen LogP contribution in [0.15, 0.2) is 18.2 Å². The fourth-order valence-electron chi connectivity index (χ4n) is 2.55. The van der Waals surface area contributed by atoms with Gasteiger partial charge in [0, 0.05) is 5.69 Å². The van der Waals surface area contributed by atoms with Gasteiger partial charge in [-0.2, -0.15) is 0 Å². The van der Waals surface area contributed by atoms with Gasteiger partial charge in [0.1, 0.15) is 5.82 Å². The smallest absolute Gasteiger partial charge is 0.307 e. The van der Waals surface area contributed by atoms with Crippen molar-refractivity contribution >= 4 is 29.2 Å². The number of hydrogen-bond donors (Lipinski definition) is 2. The van der Waals surface area contributed by atoms with Gasteiger partial charge in [0.05, 0.1) is 16.9 Å². The lowest BCUT2D eigenvalue weighted by Gasteiger charge is -2.27. The lowest BCUT2D eigenvalue weighted by molar-refractivity contribution is -0.147. The Labute approximate surface area is 120 Å². The molecule has 0 aliphatic heterocycles. The molecule has 0 heterocycles. The van der Waals surface area contributed by atoms with Gasteiger partial charge in [0.2, 0.25) is 5.91 Å². The van der Waals surface area contributed by atoms with Crippen molar-refractivity contribution in [3.63, 3.8) is 0 Å². The zero-order valence-electron chi connectivity index (χ0n) is 10.7. The topological polar surface area (TPSA) is 66.4 Å². The summed E-state index contributed by atoms with van der Waals surface area (Å²) in [6.07, 6.45) is 2.73. The van der Waals surface area contributed by atoms with Crippen LogP contribution in [0.1, 0.15) is 25.7 Å². The third kappa shape index (κ3) is 3.28. The first kappa shape index (κ1) is 14.8. The summed E-state index contributed by atoms with van der Waals surface area (Å²) in [5.41, 5.74) is 0.371. The molecule has 4 nitrogen and oxygen atoms in total. The highest BCUT2D eigenvalue weighted by molar-refractivity contribution is 6.31. The highest BCUT2D eigenvalue weighted by Gasteiger charge is 2.35. The number of nitrogens with one attached hydrogen (secondary N) is 1. The normalized spacial score (nSPS) is 22.3. The van der Waals surface area contributed by atoms with E-state index in [-0.39, 0.29) is 10.9 Å². The van der Waals surface area contributed by atoms with Crippen molar-refractivity contribution in [2.75, 3.05) is 5.32 Å². The van der Waals surface area contributed by atoms with E-state index in [2.05, 4.69) is 5.32 Å². The average molecular weight is 300 g/mol. The highest BCUT2D eigenvalue weighted by Crippen LogP contribution is 2.31. The van der Waals surface area contributed by atoms with Crippen molar-refractivity contribution < 1.29 is 19.1 Å². The molecule has 0 saturated heterocycles. The Bertz CT molecular complexity index is 535. The molecule has 20 heavy (non-hydrogen) atoms. The molecule has 1 aliphatic rings. The second-order valence-electron chi connectivity index (χ2n) is 4.95. The molecule has 1 amide bonds. The largest absolute Gasteiger partial charge is 0.481 e. The molecule has 0 radical (unpaired) electrons. The van der Waals surface area contributed by atoms with E-state index in [1.807, 2.05) is 0 Å². The molecule has 1 saturated carbocycles. The molecule has 1 fully saturated rings. The Morgan fingerprint density at radius 1 is 1.25 bits per heavy atom. The summed E-state index contributed by atoms with van der Waals surface area (Å²) in [5, 5.41) is 11.7. The quantitative estimate of drug-likeness (QED) is 0.900. The van der Waals surface area contributed by atoms with Crippen molar-refractivity contribution in [2.24, 2.45) is 11.8 Å². The molecule has 1 aliphatic carbocycles. The van der Waals surface area contributed by atoms with Crippen LogP contribution >= 0.6 is 11.6 Å². The summed E-state index contributed by atoms with van der Waals surface area (Å²) < 4.78 is 13.0. The SMILES string of the molecule is O=C(O)[C@H]1CCCC[C@@H]1C(=O)Nc1ccc(F)c(Cl)c1. The van der Waals surface area contributed by atoms with Gasteiger partial charge >= 0.3 is 5.97 Å². The van der Waals surface area contributed by atoms with E-state index in [4.69, 9.17) is 16.7 Å². The number of carbonyl (C=O) groups is 2. The summed E-state index contributed by atoms with van der Waals surface area (Å²) in [4.78, 5) is 23.3. The maximum absolute atomic E-state index is 13.0. The Morgan fingerprint density at radius 2 is 1.90 bits per heavy atom. The van der Waals surface area contributed by atoms with E-state index < -0.39 is 23.6 Å². The number of carbonyl (C=O) groups excluding carboxylic acids is 1. The zero-order chi connectivity index (χ0) is 14.7. The second-order valence-corrected chi connectivity index (χ2v) is 5.36. The summed E-state index contributed by atoms with van der Waals surface area (Å²) in [6.45, 7) is 0. The summed E-state index contributed by atoms with van der Waals surface area (Å²) in [5.74, 6) is -3.06. The minimum atomic E-state index is -0.943. The van der Waals surface area contributed by atoms with Gasteiger partial charge in [0.25, 0.3) is 0 Å². The minimum Gasteiger partial charge on any atom is -0.481 e. The summed E-state index contributed by atoms with van der Waals surface area (Å²) in [6, 6.07) is 3.87. The fraction of sp³-hybridized carbons (Fsp3) is 0.429. The second kappa shape index (κ2) is 6.22. The van der Waals surface area contributed by atoms with Crippen LogP contribution in [0.25, 0.3) is 0 Å². The Morgan fingerprint density at radius 3 is 2.50 bits per heavy atom. The first-order chi connectivity index (χ1) is 9.49. The van der Waals surface area contributed by atoms with Crippen LogP contribution < -0.4 is 5.32 Å². The molecule has 1 aromatic carbocycles. The fourth-order valence-corrected chi connectivity index (χ4v) is 2.73. The number of anilines is 1. The molecule has 0 aromatic heterocycles. The lowest BCUT2D eigenvalue weighted by atomic mass is 9.78. The molecular weight excluding hydrogens is 285 g/mol. The number of carboxylic acids is 1.